The molecule has 12 heteroatoms. The standard InChI is InChI=1S/C31H33FN4O7/c1-5-31(41)18-8-22-27-16(10-36(22)28(38)17(18)11-43-30(31)40)25-20(34-23(37)12-42-29(39)26(33)13(2)3)7-6-15-14(4)19(32)9-21(35-27)24(15)25/h8-9,13,20,26,41H,5-7,10-12,33H2,1-4H3,(H,34,37)/t20-,26-,31-/m0/s1. The summed E-state index contributed by atoms with van der Waals surface area (Å²) in [6.45, 7) is 6.22. The number of aryl methyl sites for hydroxylation is 1. The number of nitrogens with two attached hydrogens (primary N) is 1. The van der Waals surface area contributed by atoms with Crippen LogP contribution in [0.4, 0.5) is 4.39 Å². The van der Waals surface area contributed by atoms with Crippen LogP contribution in [0.1, 0.15) is 73.0 Å². The van der Waals surface area contributed by atoms with E-state index in [1.807, 2.05) is 0 Å². The number of esters is 2. The second-order valence-corrected chi connectivity index (χ2v) is 11.8. The van der Waals surface area contributed by atoms with E-state index in [2.05, 4.69) is 5.32 Å². The molecule has 1 aromatic carbocycles. The Morgan fingerprint density at radius 3 is 2.72 bits per heavy atom. The number of carbonyl (C=O) groups excluding carboxylic acids is 3. The van der Waals surface area contributed by atoms with E-state index in [-0.39, 0.29) is 36.6 Å². The highest BCUT2D eigenvalue weighted by atomic mass is 19.1. The number of amides is 1. The maximum atomic E-state index is 15.1. The van der Waals surface area contributed by atoms with Gasteiger partial charge in [-0.1, -0.05) is 20.8 Å². The number of cyclic esters (lactones) is 1. The molecule has 0 saturated carbocycles. The minimum atomic E-state index is -1.99. The van der Waals surface area contributed by atoms with Crippen LogP contribution in [0.15, 0.2) is 16.9 Å². The lowest BCUT2D eigenvalue weighted by Crippen LogP contribution is -2.44. The first-order chi connectivity index (χ1) is 20.4. The SMILES string of the molecule is CC[C@@]1(O)C(=O)OCc2c1cc1n(c2=O)Cc2c-1nc1cc(F)c(C)c3c1c2[C@@H](NC(=O)COC(=O)[C@@H](N)C(C)C)CC3. The number of halogens is 1. The first kappa shape index (κ1) is 28.9. The zero-order valence-electron chi connectivity index (χ0n) is 24.4. The Kier molecular flexibility index (Phi) is 6.89. The van der Waals surface area contributed by atoms with Crippen LogP contribution in [0.3, 0.4) is 0 Å². The van der Waals surface area contributed by atoms with Gasteiger partial charge in [0.25, 0.3) is 11.5 Å². The van der Waals surface area contributed by atoms with E-state index in [1.165, 1.54) is 10.6 Å². The maximum Gasteiger partial charge on any atom is 0.343 e. The summed E-state index contributed by atoms with van der Waals surface area (Å²) in [5.41, 5.74) is 7.60. The first-order valence-corrected chi connectivity index (χ1v) is 14.4. The number of aromatic nitrogens is 2. The van der Waals surface area contributed by atoms with E-state index in [0.29, 0.717) is 51.8 Å². The van der Waals surface area contributed by atoms with E-state index >= 15 is 4.39 Å². The van der Waals surface area contributed by atoms with Gasteiger partial charge >= 0.3 is 11.9 Å². The van der Waals surface area contributed by atoms with Gasteiger partial charge in [0.15, 0.2) is 12.2 Å². The molecule has 3 aliphatic rings. The molecular weight excluding hydrogens is 559 g/mol. The van der Waals surface area contributed by atoms with Gasteiger partial charge in [0, 0.05) is 22.6 Å². The molecule has 3 atom stereocenters. The van der Waals surface area contributed by atoms with Crippen molar-refractivity contribution in [2.45, 2.75) is 77.8 Å². The first-order valence-electron chi connectivity index (χ1n) is 14.4. The monoisotopic (exact) mass is 592 g/mol. The van der Waals surface area contributed by atoms with Gasteiger partial charge in [0.05, 0.1) is 35.1 Å². The molecule has 11 nitrogen and oxygen atoms in total. The van der Waals surface area contributed by atoms with Crippen molar-refractivity contribution in [2.75, 3.05) is 6.61 Å². The summed E-state index contributed by atoms with van der Waals surface area (Å²) in [5.74, 6) is -2.60. The second kappa shape index (κ2) is 10.2. The maximum absolute atomic E-state index is 15.1. The normalized spacial score (nSPS) is 20.7. The number of hydrogen-bond donors (Lipinski definition) is 3. The van der Waals surface area contributed by atoms with Crippen molar-refractivity contribution < 1.29 is 33.4 Å². The summed E-state index contributed by atoms with van der Waals surface area (Å²) in [7, 11) is 0. The zero-order chi connectivity index (χ0) is 31.0. The number of pyridine rings is 2. The fraction of sp³-hybridized carbons (Fsp3) is 0.452. The molecule has 2 aromatic heterocycles. The Morgan fingerprint density at radius 2 is 2.02 bits per heavy atom. The number of rotatable bonds is 6. The summed E-state index contributed by atoms with van der Waals surface area (Å²) in [4.78, 5) is 56.3. The fourth-order valence-corrected chi connectivity index (χ4v) is 6.44. The van der Waals surface area contributed by atoms with Crippen LogP contribution in [-0.2, 0) is 49.0 Å². The Hall–Kier alpha value is -4.16. The Morgan fingerprint density at radius 1 is 1.28 bits per heavy atom. The molecule has 1 amide bonds. The Labute approximate surface area is 246 Å². The third-order valence-corrected chi connectivity index (χ3v) is 9.05. The molecule has 0 radical (unpaired) electrons. The lowest BCUT2D eigenvalue weighted by molar-refractivity contribution is -0.172. The molecule has 226 valence electrons. The minimum Gasteiger partial charge on any atom is -0.458 e. The van der Waals surface area contributed by atoms with Crippen LogP contribution in [-0.4, -0.2) is 45.2 Å². The van der Waals surface area contributed by atoms with Crippen LogP contribution in [0.25, 0.3) is 22.3 Å². The molecule has 4 N–H and O–H groups in total. The molecule has 6 rings (SSSR count). The van der Waals surface area contributed by atoms with Crippen molar-refractivity contribution in [1.29, 1.82) is 0 Å². The predicted molar refractivity (Wildman–Crippen MR) is 152 cm³/mol. The number of nitrogens with zero attached hydrogens (tertiary/aromatic N) is 2. The molecule has 0 spiro atoms. The van der Waals surface area contributed by atoms with Gasteiger partial charge in [0.2, 0.25) is 0 Å². The van der Waals surface area contributed by atoms with Gasteiger partial charge in [-0.2, -0.15) is 0 Å². The van der Waals surface area contributed by atoms with Crippen molar-refractivity contribution in [3.8, 4) is 11.4 Å². The lowest BCUT2D eigenvalue weighted by atomic mass is 9.81. The van der Waals surface area contributed by atoms with Crippen LogP contribution in [0.2, 0.25) is 0 Å². The second-order valence-electron chi connectivity index (χ2n) is 11.8. The largest absolute Gasteiger partial charge is 0.458 e. The quantitative estimate of drug-likeness (QED) is 0.285. The van der Waals surface area contributed by atoms with E-state index in [0.717, 1.165) is 5.56 Å². The van der Waals surface area contributed by atoms with Crippen molar-refractivity contribution in [3.63, 3.8) is 0 Å². The molecule has 0 bridgehead atoms. The van der Waals surface area contributed by atoms with Crippen molar-refractivity contribution >= 4 is 28.7 Å². The van der Waals surface area contributed by atoms with E-state index < -0.39 is 53.5 Å². The van der Waals surface area contributed by atoms with Gasteiger partial charge in [-0.05, 0) is 54.9 Å². The summed E-state index contributed by atoms with van der Waals surface area (Å²) < 4.78 is 26.9. The number of ether oxygens (including phenoxy) is 2. The fourth-order valence-electron chi connectivity index (χ4n) is 6.44. The Balaban J connectivity index is 1.47. The highest BCUT2D eigenvalue weighted by Gasteiger charge is 2.46. The Bertz CT molecular complexity index is 1800. The number of nitrogens with one attached hydrogen (secondary N) is 1. The van der Waals surface area contributed by atoms with Gasteiger partial charge in [-0.25, -0.2) is 14.2 Å². The van der Waals surface area contributed by atoms with E-state index in [1.54, 1.807) is 33.8 Å². The zero-order valence-corrected chi connectivity index (χ0v) is 24.4. The average Bonchev–Trinajstić information content (AvgIpc) is 3.35. The number of carbonyl (C=O) groups is 3. The molecule has 0 unspecified atom stereocenters. The summed E-state index contributed by atoms with van der Waals surface area (Å²) in [6.07, 6.45) is 0.911. The lowest BCUT2D eigenvalue weighted by Gasteiger charge is -2.31. The smallest absolute Gasteiger partial charge is 0.343 e. The third-order valence-electron chi connectivity index (χ3n) is 9.05. The molecule has 3 aromatic rings. The number of benzene rings is 1. The average molecular weight is 593 g/mol. The minimum absolute atomic E-state index is 0.000415. The molecule has 2 aliphatic heterocycles. The van der Waals surface area contributed by atoms with Crippen molar-refractivity contribution in [1.82, 2.24) is 14.9 Å². The summed E-state index contributed by atoms with van der Waals surface area (Å²) in [6, 6.07) is 1.54. The number of fused-ring (bicyclic) bond motifs is 5. The topological polar surface area (TPSA) is 163 Å². The molecule has 4 heterocycles. The van der Waals surface area contributed by atoms with Gasteiger partial charge in [0.1, 0.15) is 18.5 Å². The van der Waals surface area contributed by atoms with Crippen molar-refractivity contribution in [3.05, 3.63) is 61.7 Å². The molecule has 0 saturated heterocycles. The van der Waals surface area contributed by atoms with Gasteiger partial charge in [-0.3, -0.25) is 14.4 Å². The van der Waals surface area contributed by atoms with Gasteiger partial charge in [-0.15, -0.1) is 0 Å². The highest BCUT2D eigenvalue weighted by molar-refractivity contribution is 5.94. The van der Waals surface area contributed by atoms with E-state index in [9.17, 15) is 24.3 Å². The molecule has 43 heavy (non-hydrogen) atoms. The van der Waals surface area contributed by atoms with Crippen LogP contribution in [0, 0.1) is 18.7 Å². The number of aliphatic hydroxyl groups is 1. The van der Waals surface area contributed by atoms with Crippen LogP contribution in [0.5, 0.6) is 0 Å². The van der Waals surface area contributed by atoms with Crippen LogP contribution < -0.4 is 16.6 Å². The van der Waals surface area contributed by atoms with Crippen LogP contribution >= 0.6 is 0 Å². The summed E-state index contributed by atoms with van der Waals surface area (Å²) >= 11 is 0. The van der Waals surface area contributed by atoms with Crippen molar-refractivity contribution in [2.24, 2.45) is 11.7 Å². The summed E-state index contributed by atoms with van der Waals surface area (Å²) in [5, 5.41) is 14.9. The number of hydrogen-bond acceptors (Lipinski definition) is 9. The highest BCUT2D eigenvalue weighted by Crippen LogP contribution is 2.45. The predicted octanol–water partition coefficient (Wildman–Crippen LogP) is 2.16. The molecule has 0 fully saturated rings. The molecular formula is C31H33FN4O7. The van der Waals surface area contributed by atoms with Gasteiger partial charge < -0.3 is 30.2 Å². The van der Waals surface area contributed by atoms with E-state index in [4.69, 9.17) is 20.2 Å². The third kappa shape index (κ3) is 4.34. The molecule has 1 aliphatic carbocycles.